The number of rotatable bonds is 9. The van der Waals surface area contributed by atoms with Gasteiger partial charge in [-0.15, -0.1) is 0 Å². The maximum absolute atomic E-state index is 12.7. The molecule has 0 atom stereocenters. The van der Waals surface area contributed by atoms with E-state index in [2.05, 4.69) is 21.7 Å². The summed E-state index contributed by atoms with van der Waals surface area (Å²) >= 11 is 0. The zero-order chi connectivity index (χ0) is 25.5. The summed E-state index contributed by atoms with van der Waals surface area (Å²) < 4.78 is 6.49. The summed E-state index contributed by atoms with van der Waals surface area (Å²) in [5, 5.41) is 15.3. The van der Waals surface area contributed by atoms with E-state index in [0.29, 0.717) is 29.2 Å². The zero-order valence-electron chi connectivity index (χ0n) is 20.3. The molecule has 0 saturated carbocycles. The van der Waals surface area contributed by atoms with Gasteiger partial charge in [-0.2, -0.15) is 5.26 Å². The Balaban J connectivity index is 1.84. The third-order valence-corrected chi connectivity index (χ3v) is 5.49. The number of aromatic amines is 1. The molecule has 182 valence electrons. The van der Waals surface area contributed by atoms with Crippen molar-refractivity contribution in [3.05, 3.63) is 85.6 Å². The lowest BCUT2D eigenvalue weighted by atomic mass is 10.0. The van der Waals surface area contributed by atoms with Gasteiger partial charge in [0.25, 0.3) is 5.56 Å². The molecule has 0 spiro atoms. The number of amides is 1. The Kier molecular flexibility index (Phi) is 8.10. The number of carbonyl (C=O) groups excluding carboxylic acids is 1. The van der Waals surface area contributed by atoms with Gasteiger partial charge in [0.1, 0.15) is 11.6 Å². The van der Waals surface area contributed by atoms with Crippen LogP contribution in [0.1, 0.15) is 48.4 Å². The molecule has 0 aliphatic carbocycles. The molecule has 1 amide bonds. The second-order valence-corrected chi connectivity index (χ2v) is 8.53. The summed E-state index contributed by atoms with van der Waals surface area (Å²) in [6, 6.07) is 14.7. The van der Waals surface area contributed by atoms with Crippen LogP contribution >= 0.6 is 0 Å². The van der Waals surface area contributed by atoms with E-state index in [-0.39, 0.29) is 24.8 Å². The fourth-order valence-electron chi connectivity index (χ4n) is 3.77. The quantitative estimate of drug-likeness (QED) is 0.436. The summed E-state index contributed by atoms with van der Waals surface area (Å²) in [5.41, 5.74) is 2.09. The van der Waals surface area contributed by atoms with Crippen molar-refractivity contribution in [2.75, 3.05) is 12.4 Å². The second-order valence-electron chi connectivity index (χ2n) is 8.53. The molecule has 0 bridgehead atoms. The average molecular weight is 476 g/mol. The zero-order valence-corrected chi connectivity index (χ0v) is 20.3. The minimum Gasteiger partial charge on any atom is -0.497 e. The second kappa shape index (κ2) is 11.2. The number of H-pyrrole nitrogens is 1. The molecule has 3 rings (SSSR count). The molecule has 1 heterocycles. The number of anilines is 2. The Labute approximate surface area is 203 Å². The van der Waals surface area contributed by atoms with E-state index in [1.165, 1.54) is 4.57 Å². The number of hydrogen-bond donors (Lipinski definition) is 3. The molecule has 9 nitrogen and oxygen atoms in total. The van der Waals surface area contributed by atoms with Crippen molar-refractivity contribution in [2.24, 2.45) is 0 Å². The van der Waals surface area contributed by atoms with E-state index >= 15 is 0 Å². The molecule has 0 saturated heterocycles. The molecule has 2 aromatic carbocycles. The average Bonchev–Trinajstić information content (AvgIpc) is 2.81. The number of carbonyl (C=O) groups is 1. The predicted molar refractivity (Wildman–Crippen MR) is 134 cm³/mol. The van der Waals surface area contributed by atoms with E-state index in [1.54, 1.807) is 19.2 Å². The van der Waals surface area contributed by atoms with Crippen LogP contribution in [0.5, 0.6) is 5.75 Å². The molecule has 0 aliphatic rings. The van der Waals surface area contributed by atoms with Crippen molar-refractivity contribution >= 4 is 17.4 Å². The van der Waals surface area contributed by atoms with Gasteiger partial charge in [-0.1, -0.05) is 26.0 Å². The normalized spacial score (nSPS) is 10.6. The minimum atomic E-state index is -0.613. The van der Waals surface area contributed by atoms with Gasteiger partial charge < -0.3 is 15.4 Å². The smallest absolute Gasteiger partial charge is 0.329 e. The summed E-state index contributed by atoms with van der Waals surface area (Å²) in [6.07, 6.45) is 0.0333. The maximum atomic E-state index is 12.7. The number of nitriles is 1. The van der Waals surface area contributed by atoms with Gasteiger partial charge >= 0.3 is 5.69 Å². The van der Waals surface area contributed by atoms with Gasteiger partial charge in [-0.25, -0.2) is 4.79 Å². The van der Waals surface area contributed by atoms with E-state index in [9.17, 15) is 19.6 Å². The standard InChI is InChI=1S/C26H29N5O4/c1-16(2)23-24(29-20-12-17(3)11-19(13-20)14-27)31(26(34)30-25(23)33)10-9-22(32)28-15-18-5-7-21(35-4)8-6-18/h5-8,11-13,16,29H,9-10,15H2,1-4H3,(H,28,32)(H,30,33,34). The van der Waals surface area contributed by atoms with Crippen molar-refractivity contribution in [1.29, 1.82) is 5.26 Å². The van der Waals surface area contributed by atoms with Crippen LogP contribution in [0.15, 0.2) is 52.1 Å². The molecule has 0 radical (unpaired) electrons. The van der Waals surface area contributed by atoms with Gasteiger partial charge in [0.2, 0.25) is 5.91 Å². The summed E-state index contributed by atoms with van der Waals surface area (Å²) in [4.78, 5) is 40.3. The van der Waals surface area contributed by atoms with Gasteiger partial charge in [0, 0.05) is 25.2 Å². The molecule has 3 aromatic rings. The van der Waals surface area contributed by atoms with Crippen LogP contribution in [0, 0.1) is 18.3 Å². The number of aromatic nitrogens is 2. The Morgan fingerprint density at radius 3 is 2.51 bits per heavy atom. The van der Waals surface area contributed by atoms with E-state index < -0.39 is 11.2 Å². The first-order valence-corrected chi connectivity index (χ1v) is 11.3. The molecule has 0 fully saturated rings. The first-order valence-electron chi connectivity index (χ1n) is 11.3. The number of nitrogens with one attached hydrogen (secondary N) is 3. The van der Waals surface area contributed by atoms with Gasteiger partial charge in [-0.05, 0) is 54.3 Å². The highest BCUT2D eigenvalue weighted by Crippen LogP contribution is 2.25. The number of benzene rings is 2. The first-order chi connectivity index (χ1) is 16.7. The van der Waals surface area contributed by atoms with Crippen molar-refractivity contribution in [3.63, 3.8) is 0 Å². The molecule has 35 heavy (non-hydrogen) atoms. The SMILES string of the molecule is COc1ccc(CNC(=O)CCn2c(Nc3cc(C)cc(C#N)c3)c(C(C)C)c(=O)[nH]c2=O)cc1. The lowest BCUT2D eigenvalue weighted by Gasteiger charge is -2.20. The predicted octanol–water partition coefficient (Wildman–Crippen LogP) is 3.30. The van der Waals surface area contributed by atoms with Crippen LogP contribution in [0.4, 0.5) is 11.5 Å². The van der Waals surface area contributed by atoms with Gasteiger partial charge in [0.05, 0.1) is 24.3 Å². The molecule has 0 unspecified atom stereocenters. The van der Waals surface area contributed by atoms with Gasteiger partial charge in [-0.3, -0.25) is 19.1 Å². The Hall–Kier alpha value is -4.32. The number of hydrogen-bond acceptors (Lipinski definition) is 6. The molecular formula is C26H29N5O4. The molecule has 3 N–H and O–H groups in total. The summed E-state index contributed by atoms with van der Waals surface area (Å²) in [7, 11) is 1.59. The van der Waals surface area contributed by atoms with Crippen molar-refractivity contribution < 1.29 is 9.53 Å². The number of aryl methyl sites for hydroxylation is 1. The topological polar surface area (TPSA) is 129 Å². The maximum Gasteiger partial charge on any atom is 0.329 e. The third-order valence-electron chi connectivity index (χ3n) is 5.49. The van der Waals surface area contributed by atoms with Crippen molar-refractivity contribution in [3.8, 4) is 11.8 Å². The monoisotopic (exact) mass is 475 g/mol. The Morgan fingerprint density at radius 2 is 1.89 bits per heavy atom. The fourth-order valence-corrected chi connectivity index (χ4v) is 3.77. The summed E-state index contributed by atoms with van der Waals surface area (Å²) in [5.74, 6) is 0.607. The lowest BCUT2D eigenvalue weighted by molar-refractivity contribution is -0.121. The van der Waals surface area contributed by atoms with Crippen LogP contribution < -0.4 is 26.6 Å². The lowest BCUT2D eigenvalue weighted by Crippen LogP contribution is -2.36. The summed E-state index contributed by atoms with van der Waals surface area (Å²) in [6.45, 7) is 5.95. The highest BCUT2D eigenvalue weighted by molar-refractivity contribution is 5.76. The van der Waals surface area contributed by atoms with E-state index in [1.807, 2.05) is 51.1 Å². The van der Waals surface area contributed by atoms with Crippen molar-refractivity contribution in [1.82, 2.24) is 14.9 Å². The van der Waals surface area contributed by atoms with Crippen LogP contribution in [0.2, 0.25) is 0 Å². The fraction of sp³-hybridized carbons (Fsp3) is 0.308. The Morgan fingerprint density at radius 1 is 1.17 bits per heavy atom. The number of nitrogens with zero attached hydrogens (tertiary/aromatic N) is 2. The molecule has 0 aliphatic heterocycles. The highest BCUT2D eigenvalue weighted by Gasteiger charge is 2.19. The Bertz CT molecular complexity index is 1360. The van der Waals surface area contributed by atoms with E-state index in [4.69, 9.17) is 4.74 Å². The number of methoxy groups -OCH3 is 1. The largest absolute Gasteiger partial charge is 0.497 e. The third kappa shape index (κ3) is 6.38. The van der Waals surface area contributed by atoms with Crippen molar-refractivity contribution in [2.45, 2.75) is 46.2 Å². The first kappa shape index (κ1) is 25.3. The van der Waals surface area contributed by atoms with Crippen LogP contribution in [-0.2, 0) is 17.9 Å². The van der Waals surface area contributed by atoms with Crippen LogP contribution in [0.25, 0.3) is 0 Å². The molecule has 1 aromatic heterocycles. The number of ether oxygens (including phenoxy) is 1. The van der Waals surface area contributed by atoms with Gasteiger partial charge in [0.15, 0.2) is 0 Å². The minimum absolute atomic E-state index is 0.0333. The highest BCUT2D eigenvalue weighted by atomic mass is 16.5. The van der Waals surface area contributed by atoms with Crippen LogP contribution in [-0.4, -0.2) is 22.6 Å². The molecule has 9 heteroatoms. The van der Waals surface area contributed by atoms with Crippen LogP contribution in [0.3, 0.4) is 0 Å². The van der Waals surface area contributed by atoms with E-state index in [0.717, 1.165) is 16.9 Å². The molecular weight excluding hydrogens is 446 g/mol.